The summed E-state index contributed by atoms with van der Waals surface area (Å²) in [5, 5.41) is 4.52. The van der Waals surface area contributed by atoms with Crippen LogP contribution in [0.1, 0.15) is 20.8 Å². The van der Waals surface area contributed by atoms with Crippen LogP contribution >= 0.6 is 15.9 Å². The lowest BCUT2D eigenvalue weighted by Gasteiger charge is -2.10. The molecule has 3 rings (SSSR count). The van der Waals surface area contributed by atoms with Crippen molar-refractivity contribution >= 4 is 33.8 Å². The van der Waals surface area contributed by atoms with Crippen LogP contribution in [-0.2, 0) is 14.3 Å². The van der Waals surface area contributed by atoms with Crippen molar-refractivity contribution in [2.75, 3.05) is 20.8 Å². The van der Waals surface area contributed by atoms with Gasteiger partial charge in [0.05, 0.1) is 19.9 Å². The highest BCUT2D eigenvalue weighted by Crippen LogP contribution is 2.36. The van der Waals surface area contributed by atoms with Crippen molar-refractivity contribution in [1.29, 1.82) is 0 Å². The average molecular weight is 488 g/mol. The molecule has 0 bridgehead atoms. The number of aromatic nitrogens is 2. The molecule has 0 aliphatic carbocycles. The van der Waals surface area contributed by atoms with Gasteiger partial charge in [0.25, 0.3) is 5.91 Å². The van der Waals surface area contributed by atoms with Gasteiger partial charge in [0.15, 0.2) is 12.3 Å². The highest BCUT2D eigenvalue weighted by molar-refractivity contribution is 9.10. The van der Waals surface area contributed by atoms with Crippen molar-refractivity contribution in [3.05, 3.63) is 64.3 Å². The Balaban J connectivity index is 2.34. The number of nitrogens with zero attached hydrogens (tertiary/aromatic N) is 2. The zero-order valence-electron chi connectivity index (χ0n) is 16.6. The topological polar surface area (TPSA) is 123 Å². The summed E-state index contributed by atoms with van der Waals surface area (Å²) in [5.74, 6) is -2.01. The second-order valence-corrected chi connectivity index (χ2v) is 7.11. The van der Waals surface area contributed by atoms with E-state index < -0.39 is 17.8 Å². The van der Waals surface area contributed by atoms with Crippen LogP contribution in [0.4, 0.5) is 0 Å². The number of methoxy groups -OCH3 is 2. The molecule has 9 nitrogen and oxygen atoms in total. The molecule has 0 saturated carbocycles. The van der Waals surface area contributed by atoms with Crippen molar-refractivity contribution in [3.8, 4) is 22.7 Å². The van der Waals surface area contributed by atoms with Crippen LogP contribution in [0.3, 0.4) is 0 Å². The van der Waals surface area contributed by atoms with Crippen LogP contribution in [-0.4, -0.2) is 48.5 Å². The van der Waals surface area contributed by atoms with E-state index in [4.69, 9.17) is 19.9 Å². The van der Waals surface area contributed by atoms with Gasteiger partial charge in [-0.15, -0.1) is 0 Å². The van der Waals surface area contributed by atoms with Gasteiger partial charge in [0.2, 0.25) is 0 Å². The lowest BCUT2D eigenvalue weighted by atomic mass is 10.0. The molecule has 0 aliphatic heterocycles. The van der Waals surface area contributed by atoms with Gasteiger partial charge in [0, 0.05) is 10.0 Å². The predicted octanol–water partition coefficient (Wildman–Crippen LogP) is 2.74. The molecular weight excluding hydrogens is 470 g/mol. The first-order chi connectivity index (χ1) is 14.9. The summed E-state index contributed by atoms with van der Waals surface area (Å²) in [4.78, 5) is 36.6. The minimum absolute atomic E-state index is 0.108. The first-order valence-corrected chi connectivity index (χ1v) is 9.72. The molecule has 2 aromatic carbocycles. The van der Waals surface area contributed by atoms with Crippen molar-refractivity contribution in [1.82, 2.24) is 9.78 Å². The third kappa shape index (κ3) is 4.58. The fourth-order valence-corrected chi connectivity index (χ4v) is 3.27. The van der Waals surface area contributed by atoms with Gasteiger partial charge in [-0.2, -0.15) is 5.10 Å². The number of hydrogen-bond acceptors (Lipinski definition) is 7. The standard InChI is InChI=1S/C21H18BrN3O6/c1-29-20(27)17-18(14-10-12(22)8-9-15(14)31-11-16(23)26)24-25(19(17)21(28)30-2)13-6-4-3-5-7-13/h3-10H,11H2,1-2H3,(H2,23,26). The second kappa shape index (κ2) is 9.43. The fraction of sp³-hybridized carbons (Fsp3) is 0.143. The smallest absolute Gasteiger partial charge is 0.357 e. The molecule has 10 heteroatoms. The van der Waals surface area contributed by atoms with E-state index in [1.807, 2.05) is 0 Å². The Labute approximate surface area is 185 Å². The van der Waals surface area contributed by atoms with Gasteiger partial charge >= 0.3 is 11.9 Å². The molecule has 2 N–H and O–H groups in total. The maximum atomic E-state index is 12.7. The van der Waals surface area contributed by atoms with Gasteiger partial charge < -0.3 is 19.9 Å². The highest BCUT2D eigenvalue weighted by atomic mass is 79.9. The first kappa shape index (κ1) is 22.0. The monoisotopic (exact) mass is 487 g/mol. The van der Waals surface area contributed by atoms with Crippen molar-refractivity contribution in [2.45, 2.75) is 0 Å². The van der Waals surface area contributed by atoms with E-state index in [0.717, 1.165) is 0 Å². The number of para-hydroxylation sites is 1. The molecule has 3 aromatic rings. The Morgan fingerprint density at radius 1 is 1.03 bits per heavy atom. The number of rotatable bonds is 7. The van der Waals surface area contributed by atoms with E-state index in [9.17, 15) is 14.4 Å². The van der Waals surface area contributed by atoms with E-state index in [2.05, 4.69) is 21.0 Å². The molecule has 0 unspecified atom stereocenters. The number of carbonyl (C=O) groups is 3. The Kier molecular flexibility index (Phi) is 6.71. The first-order valence-electron chi connectivity index (χ1n) is 8.93. The number of primary amides is 1. The SMILES string of the molecule is COC(=O)c1c(-c2cc(Br)ccc2OCC(N)=O)nn(-c2ccccc2)c1C(=O)OC. The van der Waals surface area contributed by atoms with Crippen molar-refractivity contribution in [3.63, 3.8) is 0 Å². The number of amides is 1. The molecule has 1 aromatic heterocycles. The summed E-state index contributed by atoms with van der Waals surface area (Å²) < 4.78 is 17.3. The number of esters is 2. The molecule has 0 radical (unpaired) electrons. The van der Waals surface area contributed by atoms with Crippen molar-refractivity contribution in [2.24, 2.45) is 5.73 Å². The average Bonchev–Trinajstić information content (AvgIpc) is 3.18. The molecular formula is C21H18BrN3O6. The molecule has 160 valence electrons. The maximum absolute atomic E-state index is 12.7. The summed E-state index contributed by atoms with van der Waals surface area (Å²) in [5.41, 5.74) is 5.94. The predicted molar refractivity (Wildman–Crippen MR) is 114 cm³/mol. The molecule has 1 amide bonds. The fourth-order valence-electron chi connectivity index (χ4n) is 2.91. The molecule has 0 fully saturated rings. The Hall–Kier alpha value is -3.66. The minimum Gasteiger partial charge on any atom is -0.483 e. The Morgan fingerprint density at radius 3 is 2.32 bits per heavy atom. The number of halogens is 1. The number of nitrogens with two attached hydrogens (primary N) is 1. The summed E-state index contributed by atoms with van der Waals surface area (Å²) in [6.07, 6.45) is 0. The van der Waals surface area contributed by atoms with Gasteiger partial charge in [-0.05, 0) is 30.3 Å². The summed E-state index contributed by atoms with van der Waals surface area (Å²) in [6.45, 7) is -0.383. The summed E-state index contributed by atoms with van der Waals surface area (Å²) >= 11 is 3.38. The van der Waals surface area contributed by atoms with Gasteiger partial charge in [-0.25, -0.2) is 14.3 Å². The quantitative estimate of drug-likeness (QED) is 0.508. The molecule has 0 saturated heterocycles. The molecule has 1 heterocycles. The van der Waals surface area contributed by atoms with Crippen molar-refractivity contribution < 1.29 is 28.6 Å². The summed E-state index contributed by atoms with van der Waals surface area (Å²) in [7, 11) is 2.39. The lowest BCUT2D eigenvalue weighted by Crippen LogP contribution is -2.20. The van der Waals surface area contributed by atoms with E-state index in [-0.39, 0.29) is 29.3 Å². The van der Waals surface area contributed by atoms with Crippen LogP contribution in [0.2, 0.25) is 0 Å². The lowest BCUT2D eigenvalue weighted by molar-refractivity contribution is -0.119. The number of benzene rings is 2. The maximum Gasteiger partial charge on any atom is 0.357 e. The Morgan fingerprint density at radius 2 is 1.71 bits per heavy atom. The Bertz CT molecular complexity index is 1140. The van der Waals surface area contributed by atoms with Gasteiger partial charge in [-0.3, -0.25) is 4.79 Å². The third-order valence-electron chi connectivity index (χ3n) is 4.22. The highest BCUT2D eigenvalue weighted by Gasteiger charge is 2.32. The van der Waals surface area contributed by atoms with E-state index in [1.54, 1.807) is 48.5 Å². The van der Waals surface area contributed by atoms with Crippen LogP contribution < -0.4 is 10.5 Å². The van der Waals surface area contributed by atoms with E-state index >= 15 is 0 Å². The van der Waals surface area contributed by atoms with Gasteiger partial charge in [0.1, 0.15) is 17.0 Å². The molecule has 0 aliphatic rings. The zero-order chi connectivity index (χ0) is 22.5. The van der Waals surface area contributed by atoms with Crippen LogP contribution in [0.25, 0.3) is 16.9 Å². The number of carbonyl (C=O) groups excluding carboxylic acids is 3. The number of hydrogen-bond donors (Lipinski definition) is 1. The van der Waals surface area contributed by atoms with E-state index in [0.29, 0.717) is 15.7 Å². The molecule has 31 heavy (non-hydrogen) atoms. The van der Waals surface area contributed by atoms with Crippen LogP contribution in [0, 0.1) is 0 Å². The normalized spacial score (nSPS) is 10.4. The zero-order valence-corrected chi connectivity index (χ0v) is 18.2. The molecule has 0 atom stereocenters. The van der Waals surface area contributed by atoms with Gasteiger partial charge in [-0.1, -0.05) is 34.1 Å². The largest absolute Gasteiger partial charge is 0.483 e. The molecule has 0 spiro atoms. The van der Waals surface area contributed by atoms with E-state index in [1.165, 1.54) is 18.9 Å². The third-order valence-corrected chi connectivity index (χ3v) is 4.71. The minimum atomic E-state index is -0.793. The number of ether oxygens (including phenoxy) is 3. The van der Waals surface area contributed by atoms with Crippen LogP contribution in [0.5, 0.6) is 5.75 Å². The summed E-state index contributed by atoms with van der Waals surface area (Å²) in [6, 6.07) is 13.7. The second-order valence-electron chi connectivity index (χ2n) is 6.20. The van der Waals surface area contributed by atoms with Crippen LogP contribution in [0.15, 0.2) is 53.0 Å².